The van der Waals surface area contributed by atoms with Gasteiger partial charge in [-0.25, -0.2) is 4.98 Å². The van der Waals surface area contributed by atoms with E-state index >= 15 is 0 Å². The predicted octanol–water partition coefficient (Wildman–Crippen LogP) is 6.20. The number of benzene rings is 1. The van der Waals surface area contributed by atoms with E-state index in [1.165, 1.54) is 73.4 Å². The quantitative estimate of drug-likeness (QED) is 0.329. The van der Waals surface area contributed by atoms with Gasteiger partial charge in [0.1, 0.15) is 5.65 Å². The number of fused-ring (bicyclic) bond motifs is 1. The van der Waals surface area contributed by atoms with Gasteiger partial charge in [0.25, 0.3) is 0 Å². The van der Waals surface area contributed by atoms with E-state index in [1.807, 2.05) is 6.20 Å². The number of nitrogens with zero attached hydrogens (tertiary/aromatic N) is 5. The van der Waals surface area contributed by atoms with Crippen molar-refractivity contribution in [2.45, 2.75) is 70.9 Å². The summed E-state index contributed by atoms with van der Waals surface area (Å²) < 4.78 is 2.46. The van der Waals surface area contributed by atoms with Crippen molar-refractivity contribution in [3.05, 3.63) is 42.2 Å². The lowest BCUT2D eigenvalue weighted by atomic mass is 9.95. The van der Waals surface area contributed by atoms with Gasteiger partial charge in [0, 0.05) is 55.6 Å². The zero-order valence-corrected chi connectivity index (χ0v) is 22.5. The van der Waals surface area contributed by atoms with Gasteiger partial charge in [0.05, 0.1) is 0 Å². The molecule has 2 heterocycles. The standard InChI is InChI=1S/C30H44N6/c1-4-35(19-18-34(2)3)21-24-12-14-25(15-13-24)28-22-36(26-8-6-5-7-9-26)29-27(28)20-32-30(33-29)31-17-16-23-10-11-23/h12-15,20,22-23,26H,4-11,16-19,21H2,1-3H3,(H,31,32,33). The molecule has 5 rings (SSSR count). The molecule has 2 aliphatic carbocycles. The summed E-state index contributed by atoms with van der Waals surface area (Å²) in [6.07, 6.45) is 14.9. The summed E-state index contributed by atoms with van der Waals surface area (Å²) in [5.41, 5.74) is 4.97. The van der Waals surface area contributed by atoms with Crippen LogP contribution in [0.3, 0.4) is 0 Å². The van der Waals surface area contributed by atoms with Gasteiger partial charge in [0.2, 0.25) is 5.95 Å². The Bertz CT molecular complexity index is 1110. The first-order chi connectivity index (χ1) is 17.6. The van der Waals surface area contributed by atoms with Crippen LogP contribution in [-0.4, -0.2) is 64.6 Å². The lowest BCUT2D eigenvalue weighted by Gasteiger charge is -2.23. The van der Waals surface area contributed by atoms with E-state index < -0.39 is 0 Å². The molecule has 194 valence electrons. The first kappa shape index (κ1) is 25.2. The van der Waals surface area contributed by atoms with Crippen LogP contribution in [0.5, 0.6) is 0 Å². The molecule has 0 saturated heterocycles. The van der Waals surface area contributed by atoms with Crippen molar-refractivity contribution >= 4 is 17.0 Å². The Hall–Kier alpha value is -2.44. The summed E-state index contributed by atoms with van der Waals surface area (Å²) in [6, 6.07) is 9.71. The van der Waals surface area contributed by atoms with Crippen molar-refractivity contribution < 1.29 is 0 Å². The van der Waals surface area contributed by atoms with Gasteiger partial charge in [-0.05, 0) is 56.9 Å². The van der Waals surface area contributed by atoms with Crippen LogP contribution in [0.25, 0.3) is 22.2 Å². The maximum absolute atomic E-state index is 5.05. The number of likely N-dealkylation sites (N-methyl/N-ethyl adjacent to an activating group) is 2. The molecule has 2 saturated carbocycles. The Balaban J connectivity index is 1.38. The second-order valence-electron chi connectivity index (χ2n) is 11.2. The molecule has 1 aromatic carbocycles. The molecule has 0 unspecified atom stereocenters. The van der Waals surface area contributed by atoms with Crippen molar-refractivity contribution in [1.82, 2.24) is 24.3 Å². The van der Waals surface area contributed by atoms with E-state index in [1.54, 1.807) is 0 Å². The Morgan fingerprint density at radius 2 is 1.78 bits per heavy atom. The van der Waals surface area contributed by atoms with Crippen molar-refractivity contribution in [1.29, 1.82) is 0 Å². The summed E-state index contributed by atoms with van der Waals surface area (Å²) in [6.45, 7) is 7.46. The van der Waals surface area contributed by atoms with Crippen LogP contribution in [0, 0.1) is 5.92 Å². The summed E-state index contributed by atoms with van der Waals surface area (Å²) in [7, 11) is 4.28. The summed E-state index contributed by atoms with van der Waals surface area (Å²) in [5, 5.41) is 4.66. The minimum Gasteiger partial charge on any atom is -0.354 e. The van der Waals surface area contributed by atoms with Crippen LogP contribution in [0.4, 0.5) is 5.95 Å². The highest BCUT2D eigenvalue weighted by Gasteiger charge is 2.22. The van der Waals surface area contributed by atoms with Crippen LogP contribution in [0.15, 0.2) is 36.7 Å². The van der Waals surface area contributed by atoms with Crippen LogP contribution >= 0.6 is 0 Å². The first-order valence-corrected chi connectivity index (χ1v) is 14.2. The third-order valence-electron chi connectivity index (χ3n) is 8.05. The lowest BCUT2D eigenvalue weighted by molar-refractivity contribution is 0.244. The molecule has 0 bridgehead atoms. The maximum atomic E-state index is 5.05. The molecule has 0 spiro atoms. The number of hydrogen-bond acceptors (Lipinski definition) is 5. The van der Waals surface area contributed by atoms with E-state index in [2.05, 4.69) is 71.2 Å². The Morgan fingerprint density at radius 3 is 2.47 bits per heavy atom. The maximum Gasteiger partial charge on any atom is 0.224 e. The van der Waals surface area contributed by atoms with Crippen LogP contribution in [0.1, 0.15) is 69.9 Å². The summed E-state index contributed by atoms with van der Waals surface area (Å²) in [5.74, 6) is 1.69. The number of hydrogen-bond donors (Lipinski definition) is 1. The van der Waals surface area contributed by atoms with Gasteiger partial charge >= 0.3 is 0 Å². The molecule has 0 aliphatic heterocycles. The smallest absolute Gasteiger partial charge is 0.224 e. The third kappa shape index (κ3) is 6.27. The minimum absolute atomic E-state index is 0.540. The molecule has 2 fully saturated rings. The van der Waals surface area contributed by atoms with Crippen molar-refractivity contribution in [2.24, 2.45) is 5.92 Å². The van der Waals surface area contributed by atoms with E-state index in [0.717, 1.165) is 50.2 Å². The molecule has 0 atom stereocenters. The molecule has 1 N–H and O–H groups in total. The second-order valence-corrected chi connectivity index (χ2v) is 11.2. The van der Waals surface area contributed by atoms with Crippen LogP contribution in [0.2, 0.25) is 0 Å². The largest absolute Gasteiger partial charge is 0.354 e. The van der Waals surface area contributed by atoms with Gasteiger partial charge < -0.3 is 14.8 Å². The van der Waals surface area contributed by atoms with Gasteiger partial charge in [-0.15, -0.1) is 0 Å². The molecule has 0 radical (unpaired) electrons. The fourth-order valence-electron chi connectivity index (χ4n) is 5.52. The molecular weight excluding hydrogens is 444 g/mol. The highest BCUT2D eigenvalue weighted by molar-refractivity contribution is 5.94. The fourth-order valence-corrected chi connectivity index (χ4v) is 5.52. The number of aromatic nitrogens is 3. The highest BCUT2D eigenvalue weighted by atomic mass is 15.2. The molecule has 6 nitrogen and oxygen atoms in total. The van der Waals surface area contributed by atoms with E-state index in [9.17, 15) is 0 Å². The van der Waals surface area contributed by atoms with Gasteiger partial charge in [-0.2, -0.15) is 4.98 Å². The first-order valence-electron chi connectivity index (χ1n) is 14.2. The Kier molecular flexibility index (Phi) is 8.22. The predicted molar refractivity (Wildman–Crippen MR) is 150 cm³/mol. The normalized spacial score (nSPS) is 16.9. The molecule has 2 aromatic heterocycles. The Labute approximate surface area is 217 Å². The molecule has 2 aliphatic rings. The molecule has 3 aromatic rings. The topological polar surface area (TPSA) is 49.2 Å². The monoisotopic (exact) mass is 488 g/mol. The molecule has 36 heavy (non-hydrogen) atoms. The zero-order chi connectivity index (χ0) is 24.9. The number of anilines is 1. The van der Waals surface area contributed by atoms with Gasteiger partial charge in [0.15, 0.2) is 0 Å². The zero-order valence-electron chi connectivity index (χ0n) is 22.5. The average molecular weight is 489 g/mol. The van der Waals surface area contributed by atoms with Crippen molar-refractivity contribution in [3.8, 4) is 11.1 Å². The van der Waals surface area contributed by atoms with E-state index in [0.29, 0.717) is 6.04 Å². The number of rotatable bonds is 12. The van der Waals surface area contributed by atoms with Gasteiger partial charge in [-0.1, -0.05) is 63.3 Å². The Morgan fingerprint density at radius 1 is 1.00 bits per heavy atom. The van der Waals surface area contributed by atoms with E-state index in [4.69, 9.17) is 9.97 Å². The summed E-state index contributed by atoms with van der Waals surface area (Å²) in [4.78, 5) is 14.5. The molecule has 6 heteroatoms. The second kappa shape index (κ2) is 11.7. The van der Waals surface area contributed by atoms with Crippen LogP contribution < -0.4 is 5.32 Å². The van der Waals surface area contributed by atoms with Crippen molar-refractivity contribution in [3.63, 3.8) is 0 Å². The highest BCUT2D eigenvalue weighted by Crippen LogP contribution is 2.37. The summed E-state index contributed by atoms with van der Waals surface area (Å²) >= 11 is 0. The SMILES string of the molecule is CCN(CCN(C)C)Cc1ccc(-c2cn(C3CCCCC3)c3nc(NCCC4CC4)ncc23)cc1. The van der Waals surface area contributed by atoms with Crippen LogP contribution in [-0.2, 0) is 6.54 Å². The minimum atomic E-state index is 0.540. The lowest BCUT2D eigenvalue weighted by Crippen LogP contribution is -2.31. The van der Waals surface area contributed by atoms with Gasteiger partial charge in [-0.3, -0.25) is 4.90 Å². The third-order valence-corrected chi connectivity index (χ3v) is 8.05. The average Bonchev–Trinajstić information content (AvgIpc) is 3.65. The fraction of sp³-hybridized carbons (Fsp3) is 0.600. The molecular formula is C30H44N6. The van der Waals surface area contributed by atoms with Crippen molar-refractivity contribution in [2.75, 3.05) is 45.6 Å². The number of nitrogens with one attached hydrogen (secondary N) is 1. The van der Waals surface area contributed by atoms with E-state index in [-0.39, 0.29) is 0 Å². The molecule has 0 amide bonds.